The van der Waals surface area contributed by atoms with Crippen LogP contribution in [0.1, 0.15) is 16.7 Å². The van der Waals surface area contributed by atoms with E-state index in [2.05, 4.69) is 11.8 Å². The van der Waals surface area contributed by atoms with Crippen molar-refractivity contribution in [1.82, 2.24) is 0 Å². The van der Waals surface area contributed by atoms with Gasteiger partial charge in [0.15, 0.2) is 0 Å². The van der Waals surface area contributed by atoms with Gasteiger partial charge in [-0.2, -0.15) is 11.8 Å². The molecule has 0 amide bonds. The summed E-state index contributed by atoms with van der Waals surface area (Å²) in [6.07, 6.45) is 0. The maximum atomic E-state index is 13.5. The first-order valence-electron chi connectivity index (χ1n) is 6.39. The van der Waals surface area contributed by atoms with Crippen LogP contribution in [0, 0.1) is 17.7 Å². The van der Waals surface area contributed by atoms with E-state index in [1.54, 1.807) is 23.9 Å². The molecular weight excluding hydrogens is 307 g/mol. The number of aliphatic hydroxyl groups excluding tert-OH is 1. The molecule has 4 heteroatoms. The fourth-order valence-electron chi connectivity index (χ4n) is 1.76. The zero-order valence-electron chi connectivity index (χ0n) is 11.3. The molecule has 1 N–H and O–H groups in total. The largest absolute Gasteiger partial charge is 0.384 e. The quantitative estimate of drug-likeness (QED) is 0.850. The van der Waals surface area contributed by atoms with E-state index >= 15 is 0 Å². The summed E-state index contributed by atoms with van der Waals surface area (Å²) in [4.78, 5) is 0. The van der Waals surface area contributed by atoms with E-state index in [1.165, 1.54) is 11.6 Å². The molecule has 0 bridgehead atoms. The van der Waals surface area contributed by atoms with Gasteiger partial charge in [0, 0.05) is 16.5 Å². The highest BCUT2D eigenvalue weighted by molar-refractivity contribution is 7.97. The molecular formula is C17H14ClFOS. The number of halogens is 2. The van der Waals surface area contributed by atoms with Gasteiger partial charge in [0.25, 0.3) is 0 Å². The Hall–Kier alpha value is -1.47. The fourth-order valence-corrected chi connectivity index (χ4v) is 2.83. The Kier molecular flexibility index (Phi) is 6.13. The average molecular weight is 321 g/mol. The van der Waals surface area contributed by atoms with E-state index in [0.29, 0.717) is 5.56 Å². The summed E-state index contributed by atoms with van der Waals surface area (Å²) in [7, 11) is 0. The third-order valence-electron chi connectivity index (χ3n) is 2.78. The molecule has 0 aliphatic heterocycles. The predicted octanol–water partition coefficient (Wildman–Crippen LogP) is 4.26. The average Bonchev–Trinajstić information content (AvgIpc) is 2.49. The molecule has 0 saturated carbocycles. The standard InChI is InChI=1S/C17H14ClFOS/c18-16-6-3-13(4-7-16)11-21-12-14-5-8-17(19)15(10-14)2-1-9-20/h3-8,10,20H,9,11-12H2. The van der Waals surface area contributed by atoms with Crippen LogP contribution in [0.3, 0.4) is 0 Å². The lowest BCUT2D eigenvalue weighted by atomic mass is 10.1. The smallest absolute Gasteiger partial charge is 0.138 e. The number of thioether (sulfide) groups is 1. The molecule has 1 nitrogen and oxygen atoms in total. The Labute approximate surface area is 133 Å². The van der Waals surface area contributed by atoms with Crippen LogP contribution in [-0.4, -0.2) is 11.7 Å². The lowest BCUT2D eigenvalue weighted by Crippen LogP contribution is -1.89. The minimum Gasteiger partial charge on any atom is -0.384 e. The van der Waals surface area contributed by atoms with Crippen molar-refractivity contribution in [3.63, 3.8) is 0 Å². The Morgan fingerprint density at radius 3 is 2.43 bits per heavy atom. The highest BCUT2D eigenvalue weighted by Crippen LogP contribution is 2.20. The lowest BCUT2D eigenvalue weighted by Gasteiger charge is -2.04. The fraction of sp³-hybridized carbons (Fsp3) is 0.176. The summed E-state index contributed by atoms with van der Waals surface area (Å²) in [5, 5.41) is 9.40. The second-order valence-corrected chi connectivity index (χ2v) is 5.82. The van der Waals surface area contributed by atoms with Crippen molar-refractivity contribution < 1.29 is 9.50 Å². The topological polar surface area (TPSA) is 20.2 Å². The normalized spacial score (nSPS) is 10.0. The summed E-state index contributed by atoms with van der Waals surface area (Å²) in [6, 6.07) is 12.6. The molecule has 0 radical (unpaired) electrons. The number of rotatable bonds is 4. The Balaban J connectivity index is 1.95. The minimum atomic E-state index is -0.359. The molecule has 2 aromatic carbocycles. The van der Waals surface area contributed by atoms with E-state index in [0.717, 1.165) is 22.1 Å². The van der Waals surface area contributed by atoms with Crippen molar-refractivity contribution in [3.8, 4) is 11.8 Å². The summed E-state index contributed by atoms with van der Waals surface area (Å²) in [5.41, 5.74) is 2.54. The molecule has 0 aromatic heterocycles. The van der Waals surface area contributed by atoms with Crippen LogP contribution in [0.2, 0.25) is 5.02 Å². The van der Waals surface area contributed by atoms with E-state index in [1.807, 2.05) is 24.3 Å². The Morgan fingerprint density at radius 1 is 1.05 bits per heavy atom. The molecule has 0 aliphatic carbocycles. The first-order chi connectivity index (χ1) is 10.2. The first kappa shape index (κ1) is 15.9. The summed E-state index contributed by atoms with van der Waals surface area (Å²) in [6.45, 7) is -0.269. The van der Waals surface area contributed by atoms with Gasteiger partial charge in [-0.15, -0.1) is 0 Å². The second-order valence-electron chi connectivity index (χ2n) is 4.39. The van der Waals surface area contributed by atoms with Gasteiger partial charge >= 0.3 is 0 Å². The van der Waals surface area contributed by atoms with Crippen molar-refractivity contribution in [3.05, 3.63) is 70.0 Å². The molecule has 0 saturated heterocycles. The van der Waals surface area contributed by atoms with Crippen LogP contribution < -0.4 is 0 Å². The Bertz CT molecular complexity index is 659. The molecule has 0 heterocycles. The number of hydrogen-bond donors (Lipinski definition) is 1. The number of hydrogen-bond acceptors (Lipinski definition) is 2. The van der Waals surface area contributed by atoms with Crippen LogP contribution in [0.15, 0.2) is 42.5 Å². The van der Waals surface area contributed by atoms with E-state index in [-0.39, 0.29) is 12.4 Å². The van der Waals surface area contributed by atoms with Crippen molar-refractivity contribution >= 4 is 23.4 Å². The number of aliphatic hydroxyl groups is 1. The first-order valence-corrected chi connectivity index (χ1v) is 7.92. The van der Waals surface area contributed by atoms with E-state index in [4.69, 9.17) is 16.7 Å². The molecule has 0 fully saturated rings. The molecule has 0 spiro atoms. The third kappa shape index (κ3) is 5.09. The lowest BCUT2D eigenvalue weighted by molar-refractivity contribution is 0.350. The molecule has 2 rings (SSSR count). The van der Waals surface area contributed by atoms with Gasteiger partial charge in [0.2, 0.25) is 0 Å². The maximum Gasteiger partial charge on any atom is 0.138 e. The van der Waals surface area contributed by atoms with Crippen molar-refractivity contribution in [2.45, 2.75) is 11.5 Å². The summed E-state index contributed by atoms with van der Waals surface area (Å²) >= 11 is 7.58. The highest BCUT2D eigenvalue weighted by atomic mass is 35.5. The van der Waals surface area contributed by atoms with Gasteiger partial charge < -0.3 is 5.11 Å². The summed E-state index contributed by atoms with van der Waals surface area (Å²) in [5.74, 6) is 6.37. The van der Waals surface area contributed by atoms with Gasteiger partial charge in [0.05, 0.1) is 5.56 Å². The highest BCUT2D eigenvalue weighted by Gasteiger charge is 2.02. The van der Waals surface area contributed by atoms with E-state index in [9.17, 15) is 4.39 Å². The van der Waals surface area contributed by atoms with Gasteiger partial charge in [-0.3, -0.25) is 0 Å². The zero-order chi connectivity index (χ0) is 15.1. The number of benzene rings is 2. The maximum absolute atomic E-state index is 13.5. The van der Waals surface area contributed by atoms with Crippen molar-refractivity contribution in [1.29, 1.82) is 0 Å². The van der Waals surface area contributed by atoms with Crippen LogP contribution in [0.5, 0.6) is 0 Å². The molecule has 0 atom stereocenters. The predicted molar refractivity (Wildman–Crippen MR) is 86.8 cm³/mol. The van der Waals surface area contributed by atoms with Crippen LogP contribution in [-0.2, 0) is 11.5 Å². The monoisotopic (exact) mass is 320 g/mol. The van der Waals surface area contributed by atoms with Gasteiger partial charge in [-0.05, 0) is 35.4 Å². The molecule has 2 aromatic rings. The summed E-state index contributed by atoms with van der Waals surface area (Å²) < 4.78 is 13.5. The van der Waals surface area contributed by atoms with Gasteiger partial charge in [-0.1, -0.05) is 41.6 Å². The van der Waals surface area contributed by atoms with Crippen molar-refractivity contribution in [2.75, 3.05) is 6.61 Å². The van der Waals surface area contributed by atoms with Crippen molar-refractivity contribution in [2.24, 2.45) is 0 Å². The second kappa shape index (κ2) is 8.09. The SMILES string of the molecule is OCC#Cc1cc(CSCc2ccc(Cl)cc2)ccc1F. The Morgan fingerprint density at radius 2 is 1.71 bits per heavy atom. The third-order valence-corrected chi connectivity index (χ3v) is 4.11. The zero-order valence-corrected chi connectivity index (χ0v) is 12.8. The molecule has 108 valence electrons. The van der Waals surface area contributed by atoms with Gasteiger partial charge in [0.1, 0.15) is 12.4 Å². The molecule has 21 heavy (non-hydrogen) atoms. The molecule has 0 unspecified atom stereocenters. The minimum absolute atomic E-state index is 0.269. The van der Waals surface area contributed by atoms with Gasteiger partial charge in [-0.25, -0.2) is 4.39 Å². The van der Waals surface area contributed by atoms with Crippen LogP contribution in [0.4, 0.5) is 4.39 Å². The van der Waals surface area contributed by atoms with Crippen LogP contribution in [0.25, 0.3) is 0 Å². The molecule has 0 aliphatic rings. The van der Waals surface area contributed by atoms with Crippen LogP contribution >= 0.6 is 23.4 Å². The van der Waals surface area contributed by atoms with E-state index < -0.39 is 0 Å².